The van der Waals surface area contributed by atoms with E-state index in [1.54, 1.807) is 0 Å². The molecule has 3 heteroatoms. The molecule has 1 unspecified atom stereocenters. The molecule has 0 fully saturated rings. The summed E-state index contributed by atoms with van der Waals surface area (Å²) in [7, 11) is 0. The van der Waals surface area contributed by atoms with Crippen molar-refractivity contribution in [2.24, 2.45) is 11.1 Å². The number of carbonyl (C=O) groups is 1. The van der Waals surface area contributed by atoms with Crippen molar-refractivity contribution in [1.82, 2.24) is 0 Å². The van der Waals surface area contributed by atoms with Crippen LogP contribution in [-0.4, -0.2) is 18.6 Å². The molecule has 0 saturated carbocycles. The van der Waals surface area contributed by atoms with Crippen LogP contribution in [-0.2, 0) is 9.53 Å². The number of carbonyl (C=O) groups excluding carboxylic acids is 1. The van der Waals surface area contributed by atoms with Crippen molar-refractivity contribution in [2.75, 3.05) is 6.61 Å². The lowest BCUT2D eigenvalue weighted by molar-refractivity contribution is -0.148. The number of unbranched alkanes of at least 4 members (excludes halogenated alkanes) is 1. The molecule has 3 nitrogen and oxygen atoms in total. The number of ether oxygens (including phenoxy) is 1. The summed E-state index contributed by atoms with van der Waals surface area (Å²) in [6, 6.07) is -0.496. The summed E-state index contributed by atoms with van der Waals surface area (Å²) in [6.45, 7) is 8.71. The maximum atomic E-state index is 11.6. The fourth-order valence-corrected chi connectivity index (χ4v) is 1.38. The first-order valence-electron chi connectivity index (χ1n) is 5.94. The summed E-state index contributed by atoms with van der Waals surface area (Å²) < 4.78 is 5.13. The molecule has 0 amide bonds. The first-order chi connectivity index (χ1) is 7.01. The molecule has 0 bridgehead atoms. The molecule has 1 atom stereocenters. The van der Waals surface area contributed by atoms with Gasteiger partial charge in [0.05, 0.1) is 6.61 Å². The minimum absolute atomic E-state index is 0.136. The van der Waals surface area contributed by atoms with E-state index in [9.17, 15) is 4.79 Å². The standard InChI is InChI=1S/C12H25NO2/c1-5-8-9-15-11(14)10(13)12(4,6-2)7-3/h10H,5-9,13H2,1-4H3. The summed E-state index contributed by atoms with van der Waals surface area (Å²) in [4.78, 5) is 11.6. The third-order valence-corrected chi connectivity index (χ3v) is 3.36. The third kappa shape index (κ3) is 4.20. The van der Waals surface area contributed by atoms with E-state index in [1.807, 2.05) is 6.92 Å². The highest BCUT2D eigenvalue weighted by atomic mass is 16.5. The zero-order valence-corrected chi connectivity index (χ0v) is 10.5. The molecule has 2 N–H and O–H groups in total. The molecule has 0 spiro atoms. The molecule has 90 valence electrons. The van der Waals surface area contributed by atoms with Crippen LogP contribution in [0.1, 0.15) is 53.4 Å². The lowest BCUT2D eigenvalue weighted by atomic mass is 9.78. The number of hydrogen-bond acceptors (Lipinski definition) is 3. The Morgan fingerprint density at radius 1 is 1.33 bits per heavy atom. The lowest BCUT2D eigenvalue weighted by Gasteiger charge is -2.31. The first-order valence-corrected chi connectivity index (χ1v) is 5.94. The van der Waals surface area contributed by atoms with Gasteiger partial charge in [-0.2, -0.15) is 0 Å². The van der Waals surface area contributed by atoms with Crippen molar-refractivity contribution in [3.63, 3.8) is 0 Å². The van der Waals surface area contributed by atoms with Crippen LogP contribution in [0.3, 0.4) is 0 Å². The van der Waals surface area contributed by atoms with Crippen LogP contribution in [0.4, 0.5) is 0 Å². The molecule has 0 aromatic rings. The van der Waals surface area contributed by atoms with E-state index in [0.717, 1.165) is 25.7 Å². The molecule has 0 aliphatic carbocycles. The van der Waals surface area contributed by atoms with Crippen LogP contribution in [0, 0.1) is 5.41 Å². The summed E-state index contributed by atoms with van der Waals surface area (Å²) in [5.74, 6) is -0.255. The Morgan fingerprint density at radius 3 is 2.27 bits per heavy atom. The highest BCUT2D eigenvalue weighted by Crippen LogP contribution is 2.29. The largest absolute Gasteiger partial charge is 0.465 e. The second kappa shape index (κ2) is 6.83. The summed E-state index contributed by atoms with van der Waals surface area (Å²) in [5, 5.41) is 0. The lowest BCUT2D eigenvalue weighted by Crippen LogP contribution is -2.46. The van der Waals surface area contributed by atoms with Gasteiger partial charge in [-0.1, -0.05) is 34.1 Å². The smallest absolute Gasteiger partial charge is 0.323 e. The highest BCUT2D eigenvalue weighted by molar-refractivity contribution is 5.76. The molecule has 0 saturated heterocycles. The van der Waals surface area contributed by atoms with Gasteiger partial charge in [0, 0.05) is 0 Å². The van der Waals surface area contributed by atoms with Crippen LogP contribution in [0.2, 0.25) is 0 Å². The van der Waals surface area contributed by atoms with Crippen LogP contribution in [0.25, 0.3) is 0 Å². The quantitative estimate of drug-likeness (QED) is 0.524. The van der Waals surface area contributed by atoms with Crippen LogP contribution >= 0.6 is 0 Å². The summed E-state index contributed by atoms with van der Waals surface area (Å²) >= 11 is 0. The molecule has 0 rings (SSSR count). The summed E-state index contributed by atoms with van der Waals surface area (Å²) in [5.41, 5.74) is 5.79. The predicted octanol–water partition coefficient (Wildman–Crippen LogP) is 2.48. The van der Waals surface area contributed by atoms with Crippen molar-refractivity contribution in [3.8, 4) is 0 Å². The highest BCUT2D eigenvalue weighted by Gasteiger charge is 2.34. The van der Waals surface area contributed by atoms with Crippen molar-refractivity contribution < 1.29 is 9.53 Å². The first kappa shape index (κ1) is 14.4. The molecular weight excluding hydrogens is 190 g/mol. The summed E-state index contributed by atoms with van der Waals surface area (Å²) in [6.07, 6.45) is 3.73. The molecule has 15 heavy (non-hydrogen) atoms. The van der Waals surface area contributed by atoms with Gasteiger partial charge >= 0.3 is 5.97 Å². The van der Waals surface area contributed by atoms with E-state index in [-0.39, 0.29) is 11.4 Å². The number of esters is 1. The Hall–Kier alpha value is -0.570. The van der Waals surface area contributed by atoms with Gasteiger partial charge in [0.25, 0.3) is 0 Å². The van der Waals surface area contributed by atoms with Gasteiger partial charge in [-0.05, 0) is 24.7 Å². The molecule has 0 aliphatic rings. The minimum atomic E-state index is -0.496. The van der Waals surface area contributed by atoms with Crippen LogP contribution in [0.15, 0.2) is 0 Å². The van der Waals surface area contributed by atoms with Crippen LogP contribution in [0.5, 0.6) is 0 Å². The van der Waals surface area contributed by atoms with E-state index in [1.165, 1.54) is 0 Å². The Kier molecular flexibility index (Phi) is 6.57. The van der Waals surface area contributed by atoms with Gasteiger partial charge in [-0.3, -0.25) is 4.79 Å². The van der Waals surface area contributed by atoms with Gasteiger partial charge in [0.15, 0.2) is 0 Å². The number of hydrogen-bond donors (Lipinski definition) is 1. The molecule has 0 aliphatic heterocycles. The van der Waals surface area contributed by atoms with E-state index in [4.69, 9.17) is 10.5 Å². The minimum Gasteiger partial charge on any atom is -0.465 e. The topological polar surface area (TPSA) is 52.3 Å². The predicted molar refractivity (Wildman–Crippen MR) is 62.5 cm³/mol. The van der Waals surface area contributed by atoms with Gasteiger partial charge in [-0.25, -0.2) is 0 Å². The Morgan fingerprint density at radius 2 is 1.87 bits per heavy atom. The van der Waals surface area contributed by atoms with E-state index in [2.05, 4.69) is 20.8 Å². The maximum Gasteiger partial charge on any atom is 0.323 e. The van der Waals surface area contributed by atoms with Gasteiger partial charge in [-0.15, -0.1) is 0 Å². The fraction of sp³-hybridized carbons (Fsp3) is 0.917. The number of nitrogens with two attached hydrogens (primary N) is 1. The van der Waals surface area contributed by atoms with Crippen molar-refractivity contribution in [2.45, 2.75) is 59.4 Å². The van der Waals surface area contributed by atoms with E-state index < -0.39 is 6.04 Å². The zero-order chi connectivity index (χ0) is 11.9. The van der Waals surface area contributed by atoms with Gasteiger partial charge in [0.1, 0.15) is 6.04 Å². The monoisotopic (exact) mass is 215 g/mol. The van der Waals surface area contributed by atoms with Gasteiger partial charge in [0.2, 0.25) is 0 Å². The maximum absolute atomic E-state index is 11.6. The van der Waals surface area contributed by atoms with E-state index >= 15 is 0 Å². The molecule has 0 heterocycles. The molecule has 0 aromatic heterocycles. The van der Waals surface area contributed by atoms with Crippen molar-refractivity contribution in [1.29, 1.82) is 0 Å². The second-order valence-corrected chi connectivity index (χ2v) is 4.36. The third-order valence-electron chi connectivity index (χ3n) is 3.36. The molecule has 0 aromatic carbocycles. The van der Waals surface area contributed by atoms with E-state index in [0.29, 0.717) is 6.61 Å². The zero-order valence-electron chi connectivity index (χ0n) is 10.5. The molecular formula is C12H25NO2. The normalized spacial score (nSPS) is 13.7. The Labute approximate surface area is 93.4 Å². The Bertz CT molecular complexity index is 188. The van der Waals surface area contributed by atoms with Crippen LogP contribution < -0.4 is 5.73 Å². The SMILES string of the molecule is CCCCOC(=O)C(N)C(C)(CC)CC. The average Bonchev–Trinajstić information content (AvgIpc) is 2.27. The van der Waals surface area contributed by atoms with Gasteiger partial charge < -0.3 is 10.5 Å². The number of rotatable bonds is 7. The molecule has 0 radical (unpaired) electrons. The van der Waals surface area contributed by atoms with Crippen molar-refractivity contribution >= 4 is 5.97 Å². The average molecular weight is 215 g/mol. The second-order valence-electron chi connectivity index (χ2n) is 4.36. The van der Waals surface area contributed by atoms with Crippen molar-refractivity contribution in [3.05, 3.63) is 0 Å². The Balaban J connectivity index is 4.17. The fourth-order valence-electron chi connectivity index (χ4n) is 1.38.